The number of rotatable bonds is 11. The van der Waals surface area contributed by atoms with Crippen molar-refractivity contribution in [3.8, 4) is 10.4 Å². The molecule has 0 spiro atoms. The fraction of sp³-hybridized carbons (Fsp3) is 0.286. The molecule has 1 unspecified atom stereocenters. The monoisotopic (exact) mass is 650 g/mol. The summed E-state index contributed by atoms with van der Waals surface area (Å²) >= 11 is 1.25. The number of anilines is 2. The molecular formula is C28H35ClN6O6S2. The Morgan fingerprint density at radius 3 is 2.37 bits per heavy atom. The summed E-state index contributed by atoms with van der Waals surface area (Å²) in [7, 11) is -4.26. The molecule has 3 aromatic rings. The van der Waals surface area contributed by atoms with Crippen LogP contribution in [0.25, 0.3) is 10.4 Å². The van der Waals surface area contributed by atoms with Crippen LogP contribution in [-0.4, -0.2) is 44.9 Å². The molecule has 232 valence electrons. The predicted molar refractivity (Wildman–Crippen MR) is 170 cm³/mol. The number of esters is 1. The number of aryl methyl sites for hydroxylation is 2. The molecule has 2 amide bonds. The topological polar surface area (TPSA) is 193 Å². The van der Waals surface area contributed by atoms with Crippen LogP contribution in [0, 0.1) is 26.2 Å². The summed E-state index contributed by atoms with van der Waals surface area (Å²) in [6, 6.07) is 12.4. The van der Waals surface area contributed by atoms with E-state index in [1.54, 1.807) is 58.0 Å². The van der Waals surface area contributed by atoms with E-state index in [2.05, 4.69) is 20.7 Å². The number of nitrogens with one attached hydrogen (secondary N) is 5. The molecule has 0 aliphatic carbocycles. The molecule has 1 heterocycles. The summed E-state index contributed by atoms with van der Waals surface area (Å²) in [6.07, 6.45) is -1.16. The van der Waals surface area contributed by atoms with Crippen molar-refractivity contribution < 1.29 is 27.5 Å². The van der Waals surface area contributed by atoms with E-state index in [0.29, 0.717) is 32.9 Å². The van der Waals surface area contributed by atoms with E-state index in [4.69, 9.17) is 15.9 Å². The molecule has 0 saturated heterocycles. The van der Waals surface area contributed by atoms with Gasteiger partial charge >= 0.3 is 5.97 Å². The molecule has 7 N–H and O–H groups in total. The summed E-state index contributed by atoms with van der Waals surface area (Å²) in [6.45, 7) is 7.48. The van der Waals surface area contributed by atoms with Crippen molar-refractivity contribution in [1.82, 2.24) is 10.0 Å². The summed E-state index contributed by atoms with van der Waals surface area (Å²) in [4.78, 5) is 37.7. The maximum atomic E-state index is 13.5. The molecule has 43 heavy (non-hydrogen) atoms. The quantitative estimate of drug-likeness (QED) is 0.0775. The lowest BCUT2D eigenvalue weighted by Gasteiger charge is -2.22. The van der Waals surface area contributed by atoms with E-state index in [-0.39, 0.29) is 42.1 Å². The summed E-state index contributed by atoms with van der Waals surface area (Å²) in [5.74, 6) is -1.67. The van der Waals surface area contributed by atoms with Crippen LogP contribution < -0.4 is 26.4 Å². The van der Waals surface area contributed by atoms with Crippen LogP contribution in [0.1, 0.15) is 46.6 Å². The van der Waals surface area contributed by atoms with Crippen molar-refractivity contribution in [2.45, 2.75) is 52.2 Å². The maximum Gasteiger partial charge on any atom is 0.304 e. The van der Waals surface area contributed by atoms with E-state index in [0.717, 1.165) is 17.4 Å². The van der Waals surface area contributed by atoms with Gasteiger partial charge < -0.3 is 26.4 Å². The van der Waals surface area contributed by atoms with Crippen LogP contribution in [0.4, 0.5) is 11.4 Å². The van der Waals surface area contributed by atoms with Crippen molar-refractivity contribution >= 4 is 68.9 Å². The van der Waals surface area contributed by atoms with E-state index in [1.807, 2.05) is 12.1 Å². The number of sulfonamides is 1. The number of nitrogens with two attached hydrogens (primary N) is 1. The Bertz CT molecular complexity index is 1640. The Morgan fingerprint density at radius 1 is 1.05 bits per heavy atom. The first-order valence-electron chi connectivity index (χ1n) is 12.9. The number of carbonyl (C=O) groups is 3. The molecular weight excluding hydrogens is 616 g/mol. The van der Waals surface area contributed by atoms with Gasteiger partial charge in [-0.05, 0) is 67.3 Å². The van der Waals surface area contributed by atoms with Gasteiger partial charge in [0.05, 0.1) is 16.3 Å². The molecule has 12 nitrogen and oxygen atoms in total. The van der Waals surface area contributed by atoms with E-state index >= 15 is 0 Å². The van der Waals surface area contributed by atoms with Gasteiger partial charge in [-0.3, -0.25) is 19.8 Å². The normalized spacial score (nSPS) is 11.6. The highest BCUT2D eigenvalue weighted by Crippen LogP contribution is 2.33. The third-order valence-corrected chi connectivity index (χ3v) is 8.94. The number of carbonyl (C=O) groups excluding carboxylic acids is 3. The first-order valence-corrected chi connectivity index (χ1v) is 15.2. The van der Waals surface area contributed by atoms with Crippen molar-refractivity contribution in [2.24, 2.45) is 5.73 Å². The second-order valence-electron chi connectivity index (χ2n) is 9.45. The van der Waals surface area contributed by atoms with E-state index < -0.39 is 28.1 Å². The van der Waals surface area contributed by atoms with Crippen LogP contribution in [0.3, 0.4) is 0 Å². The molecule has 1 aromatic heterocycles. The van der Waals surface area contributed by atoms with Gasteiger partial charge in [-0.1, -0.05) is 25.1 Å². The third kappa shape index (κ3) is 9.25. The van der Waals surface area contributed by atoms with Gasteiger partial charge in [0.1, 0.15) is 0 Å². The standard InChI is InChI=1S/C28H34N6O6S2.ClH/c1-6-23(36)31-14-24(40-18(5)35)34-42(38,39)26-16(3)12-15(2)25(17(26)4)33-27(37)22-11-10-21(41-22)19-8-7-9-20(13-19)32-28(29)30;/h7-13,24,34H,6,14H2,1-5H3,(H,31,36)(H,33,37)(H4,29,30,32);1H. The van der Waals surface area contributed by atoms with Crippen LogP contribution in [0.2, 0.25) is 0 Å². The average molecular weight is 651 g/mol. The molecule has 15 heteroatoms. The Labute approximate surface area is 260 Å². The van der Waals surface area contributed by atoms with Gasteiger partial charge in [-0.25, -0.2) is 8.42 Å². The first-order chi connectivity index (χ1) is 19.7. The minimum absolute atomic E-state index is 0. The average Bonchev–Trinajstić information content (AvgIpc) is 3.39. The zero-order valence-corrected chi connectivity index (χ0v) is 26.7. The molecule has 0 aliphatic rings. The van der Waals surface area contributed by atoms with Crippen molar-refractivity contribution in [3.63, 3.8) is 0 Å². The largest absolute Gasteiger partial charge is 0.444 e. The van der Waals surface area contributed by atoms with Crippen molar-refractivity contribution in [3.05, 3.63) is 64.0 Å². The number of guanidine groups is 1. The number of thiophene rings is 1. The highest BCUT2D eigenvalue weighted by molar-refractivity contribution is 7.89. The molecule has 0 fully saturated rings. The first kappa shape index (κ1) is 35.2. The fourth-order valence-corrected chi connectivity index (χ4v) is 6.82. The molecule has 0 bridgehead atoms. The van der Waals surface area contributed by atoms with Gasteiger partial charge in [0.2, 0.25) is 15.9 Å². The molecule has 0 aliphatic heterocycles. The lowest BCUT2D eigenvalue weighted by molar-refractivity contribution is -0.147. The SMILES string of the molecule is CCC(=O)NCC(NS(=O)(=O)c1c(C)cc(C)c(NC(=O)c2ccc(-c3cccc(NC(=N)N)c3)s2)c1C)OC(C)=O.Cl. The van der Waals surface area contributed by atoms with Gasteiger partial charge in [0.15, 0.2) is 12.2 Å². The van der Waals surface area contributed by atoms with Gasteiger partial charge in [-0.15, -0.1) is 23.7 Å². The highest BCUT2D eigenvalue weighted by atomic mass is 35.5. The molecule has 0 saturated carbocycles. The Balaban J connectivity index is 0.00000645. The van der Waals surface area contributed by atoms with Crippen molar-refractivity contribution in [1.29, 1.82) is 5.41 Å². The third-order valence-electron chi connectivity index (χ3n) is 6.06. The van der Waals surface area contributed by atoms with Crippen LogP contribution >= 0.6 is 23.7 Å². The lowest BCUT2D eigenvalue weighted by atomic mass is 10.0. The molecule has 2 aromatic carbocycles. The minimum Gasteiger partial charge on any atom is -0.444 e. The van der Waals surface area contributed by atoms with Gasteiger partial charge in [-0.2, -0.15) is 4.72 Å². The fourth-order valence-electron chi connectivity index (χ4n) is 4.34. The lowest BCUT2D eigenvalue weighted by Crippen LogP contribution is -2.46. The molecule has 0 radical (unpaired) electrons. The number of hydrogen-bond donors (Lipinski definition) is 6. The summed E-state index contributed by atoms with van der Waals surface area (Å²) < 4.78 is 34.4. The smallest absolute Gasteiger partial charge is 0.304 e. The highest BCUT2D eigenvalue weighted by Gasteiger charge is 2.28. The van der Waals surface area contributed by atoms with Gasteiger partial charge in [0.25, 0.3) is 5.91 Å². The molecule has 1 atom stereocenters. The zero-order chi connectivity index (χ0) is 31.2. The predicted octanol–water partition coefficient (Wildman–Crippen LogP) is 4.01. The van der Waals surface area contributed by atoms with E-state index in [1.165, 1.54) is 11.3 Å². The van der Waals surface area contributed by atoms with Crippen molar-refractivity contribution in [2.75, 3.05) is 17.2 Å². The molecule has 3 rings (SSSR count). The number of amides is 2. The van der Waals surface area contributed by atoms with Crippen LogP contribution in [0.5, 0.6) is 0 Å². The number of ether oxygens (including phenoxy) is 1. The van der Waals surface area contributed by atoms with E-state index in [9.17, 15) is 22.8 Å². The number of benzene rings is 2. The summed E-state index contributed by atoms with van der Waals surface area (Å²) in [5, 5.41) is 15.5. The Morgan fingerprint density at radius 2 is 1.74 bits per heavy atom. The Hall–Kier alpha value is -3.98. The Kier molecular flexibility index (Phi) is 12.3. The van der Waals surface area contributed by atoms with Crippen LogP contribution in [-0.2, 0) is 24.3 Å². The van der Waals surface area contributed by atoms with Crippen LogP contribution in [0.15, 0.2) is 47.4 Å². The van der Waals surface area contributed by atoms with Gasteiger partial charge in [0, 0.05) is 29.6 Å². The number of halogens is 1. The minimum atomic E-state index is -4.26. The maximum absolute atomic E-state index is 13.5. The zero-order valence-electron chi connectivity index (χ0n) is 24.3. The number of hydrogen-bond acceptors (Lipinski definition) is 8. The summed E-state index contributed by atoms with van der Waals surface area (Å²) in [5.41, 5.74) is 8.59. The second-order valence-corrected chi connectivity index (χ2v) is 12.2. The second kappa shape index (κ2) is 15.0.